The van der Waals surface area contributed by atoms with Crippen molar-refractivity contribution in [2.45, 2.75) is 6.92 Å². The van der Waals surface area contributed by atoms with Gasteiger partial charge >= 0.3 is 0 Å². The molecule has 0 aromatic heterocycles. The second-order valence-electron chi connectivity index (χ2n) is 3.86. The fourth-order valence-electron chi connectivity index (χ4n) is 1.67. The van der Waals surface area contributed by atoms with Crippen LogP contribution in [-0.4, -0.2) is 5.84 Å². The van der Waals surface area contributed by atoms with E-state index < -0.39 is 0 Å². The lowest BCUT2D eigenvalue weighted by Crippen LogP contribution is -2.10. The maximum atomic E-state index is 7.32. The van der Waals surface area contributed by atoms with Crippen LogP contribution in [-0.2, 0) is 0 Å². The summed E-state index contributed by atoms with van der Waals surface area (Å²) < 4.78 is 0. The number of nitrogens with two attached hydrogens (primary N) is 1. The van der Waals surface area contributed by atoms with Crippen molar-refractivity contribution < 1.29 is 0 Å². The van der Waals surface area contributed by atoms with Gasteiger partial charge < -0.3 is 5.73 Å². The summed E-state index contributed by atoms with van der Waals surface area (Å²) in [4.78, 5) is 0. The Morgan fingerprint density at radius 2 is 1.69 bits per heavy atom. The van der Waals surface area contributed by atoms with E-state index in [1.165, 1.54) is 11.1 Å². The first-order valence-electron chi connectivity index (χ1n) is 5.18. The summed E-state index contributed by atoms with van der Waals surface area (Å²) in [5.74, 6) is 0.107. The predicted molar refractivity (Wildman–Crippen MR) is 67.6 cm³/mol. The number of hydrogen-bond donors (Lipinski definition) is 2. The van der Waals surface area contributed by atoms with Crippen molar-refractivity contribution in [2.75, 3.05) is 0 Å². The maximum Gasteiger partial charge on any atom is 0.122 e. The molecule has 0 fully saturated rings. The van der Waals surface area contributed by atoms with Crippen LogP contribution in [0.3, 0.4) is 0 Å². The average molecular weight is 210 g/mol. The van der Waals surface area contributed by atoms with Gasteiger partial charge in [0.1, 0.15) is 5.84 Å². The van der Waals surface area contributed by atoms with E-state index in [1.807, 2.05) is 30.3 Å². The van der Waals surface area contributed by atoms with Crippen molar-refractivity contribution in [3.8, 4) is 11.1 Å². The van der Waals surface area contributed by atoms with Gasteiger partial charge in [0.2, 0.25) is 0 Å². The van der Waals surface area contributed by atoms with Crippen LogP contribution >= 0.6 is 0 Å². The maximum absolute atomic E-state index is 7.32. The molecule has 16 heavy (non-hydrogen) atoms. The molecule has 0 saturated carbocycles. The van der Waals surface area contributed by atoms with Crippen LogP contribution in [0.25, 0.3) is 11.1 Å². The lowest BCUT2D eigenvalue weighted by Gasteiger charge is -2.04. The van der Waals surface area contributed by atoms with Gasteiger partial charge in [-0.3, -0.25) is 5.41 Å². The zero-order valence-corrected chi connectivity index (χ0v) is 9.20. The highest BCUT2D eigenvalue weighted by Crippen LogP contribution is 2.20. The third-order valence-electron chi connectivity index (χ3n) is 2.55. The second kappa shape index (κ2) is 4.19. The molecule has 0 atom stereocenters. The van der Waals surface area contributed by atoms with Gasteiger partial charge in [-0.15, -0.1) is 0 Å². The first-order chi connectivity index (χ1) is 7.66. The molecule has 2 aromatic rings. The summed E-state index contributed by atoms with van der Waals surface area (Å²) >= 11 is 0. The summed E-state index contributed by atoms with van der Waals surface area (Å²) in [7, 11) is 0. The zero-order valence-electron chi connectivity index (χ0n) is 9.20. The van der Waals surface area contributed by atoms with E-state index in [0.29, 0.717) is 0 Å². The Bertz CT molecular complexity index is 513. The molecule has 0 saturated heterocycles. The van der Waals surface area contributed by atoms with Crippen molar-refractivity contribution in [3.05, 3.63) is 59.7 Å². The summed E-state index contributed by atoms with van der Waals surface area (Å²) in [6.45, 7) is 2.08. The minimum Gasteiger partial charge on any atom is -0.384 e. The fraction of sp³-hybridized carbons (Fsp3) is 0.0714. The first kappa shape index (κ1) is 10.4. The molecule has 0 amide bonds. The Kier molecular flexibility index (Phi) is 2.73. The van der Waals surface area contributed by atoms with Gasteiger partial charge in [-0.25, -0.2) is 0 Å². The van der Waals surface area contributed by atoms with Crippen molar-refractivity contribution >= 4 is 5.84 Å². The van der Waals surface area contributed by atoms with Gasteiger partial charge in [-0.1, -0.05) is 54.1 Å². The van der Waals surface area contributed by atoms with Gasteiger partial charge in [0.15, 0.2) is 0 Å². The van der Waals surface area contributed by atoms with Crippen molar-refractivity contribution in [3.63, 3.8) is 0 Å². The van der Waals surface area contributed by atoms with E-state index in [2.05, 4.69) is 25.1 Å². The van der Waals surface area contributed by atoms with Crippen LogP contribution < -0.4 is 5.73 Å². The highest BCUT2D eigenvalue weighted by Gasteiger charge is 1.99. The predicted octanol–water partition coefficient (Wildman–Crippen LogP) is 2.95. The summed E-state index contributed by atoms with van der Waals surface area (Å²) in [6.07, 6.45) is 0. The number of amidine groups is 1. The van der Waals surface area contributed by atoms with Crippen LogP contribution in [0.1, 0.15) is 11.1 Å². The summed E-state index contributed by atoms with van der Waals surface area (Å²) in [5.41, 5.74) is 9.75. The molecular weight excluding hydrogens is 196 g/mol. The molecule has 0 aliphatic carbocycles. The molecule has 2 aromatic carbocycles. The molecule has 3 N–H and O–H groups in total. The largest absolute Gasteiger partial charge is 0.384 e. The standard InChI is InChI=1S/C14H14N2/c1-10-3-2-4-13(9-10)11-5-7-12(8-6-11)14(15)16/h2-9H,1H3,(H3,15,16). The Balaban J connectivity index is 2.38. The molecule has 0 unspecified atom stereocenters. The monoisotopic (exact) mass is 210 g/mol. The van der Waals surface area contributed by atoms with E-state index in [1.54, 1.807) is 0 Å². The van der Waals surface area contributed by atoms with Crippen LogP contribution in [0, 0.1) is 12.3 Å². The van der Waals surface area contributed by atoms with Crippen LogP contribution in [0.5, 0.6) is 0 Å². The van der Waals surface area contributed by atoms with Gasteiger partial charge in [-0.05, 0) is 18.1 Å². The zero-order chi connectivity index (χ0) is 11.5. The third kappa shape index (κ3) is 2.11. The quantitative estimate of drug-likeness (QED) is 0.581. The molecule has 2 nitrogen and oxygen atoms in total. The molecular formula is C14H14N2. The van der Waals surface area contributed by atoms with Crippen LogP contribution in [0.15, 0.2) is 48.5 Å². The van der Waals surface area contributed by atoms with E-state index in [-0.39, 0.29) is 5.84 Å². The third-order valence-corrected chi connectivity index (χ3v) is 2.55. The Labute approximate surface area is 95.2 Å². The molecule has 0 spiro atoms. The summed E-state index contributed by atoms with van der Waals surface area (Å²) in [6, 6.07) is 16.1. The lowest BCUT2D eigenvalue weighted by molar-refractivity contribution is 1.42. The number of benzene rings is 2. The van der Waals surface area contributed by atoms with Crippen LogP contribution in [0.4, 0.5) is 0 Å². The number of nitrogens with one attached hydrogen (secondary N) is 1. The van der Waals surface area contributed by atoms with Gasteiger partial charge in [0, 0.05) is 5.56 Å². The van der Waals surface area contributed by atoms with Crippen molar-refractivity contribution in [2.24, 2.45) is 5.73 Å². The smallest absolute Gasteiger partial charge is 0.122 e. The molecule has 0 heterocycles. The van der Waals surface area contributed by atoms with E-state index in [9.17, 15) is 0 Å². The lowest BCUT2D eigenvalue weighted by atomic mass is 10.0. The minimum absolute atomic E-state index is 0.107. The minimum atomic E-state index is 0.107. The molecule has 0 aliphatic heterocycles. The Morgan fingerprint density at radius 1 is 1.00 bits per heavy atom. The number of hydrogen-bond acceptors (Lipinski definition) is 1. The molecule has 0 bridgehead atoms. The highest BCUT2D eigenvalue weighted by atomic mass is 14.7. The normalized spacial score (nSPS) is 10.1. The Hall–Kier alpha value is -2.09. The molecule has 80 valence electrons. The van der Waals surface area contributed by atoms with Gasteiger partial charge in [-0.2, -0.15) is 0 Å². The molecule has 2 rings (SSSR count). The topological polar surface area (TPSA) is 49.9 Å². The van der Waals surface area contributed by atoms with E-state index >= 15 is 0 Å². The fourth-order valence-corrected chi connectivity index (χ4v) is 1.67. The molecule has 0 aliphatic rings. The van der Waals surface area contributed by atoms with Crippen LogP contribution in [0.2, 0.25) is 0 Å². The summed E-state index contributed by atoms with van der Waals surface area (Å²) in [5, 5.41) is 7.32. The highest BCUT2D eigenvalue weighted by molar-refractivity contribution is 5.95. The average Bonchev–Trinajstić information content (AvgIpc) is 2.29. The number of nitrogen functional groups attached to an aromatic ring is 1. The first-order valence-corrected chi connectivity index (χ1v) is 5.18. The van der Waals surface area contributed by atoms with Crippen molar-refractivity contribution in [1.29, 1.82) is 5.41 Å². The molecule has 2 heteroatoms. The number of rotatable bonds is 2. The SMILES string of the molecule is Cc1cccc(-c2ccc(C(=N)N)cc2)c1. The second-order valence-corrected chi connectivity index (χ2v) is 3.86. The van der Waals surface area contributed by atoms with Gasteiger partial charge in [0.25, 0.3) is 0 Å². The molecule has 0 radical (unpaired) electrons. The Morgan fingerprint density at radius 3 is 2.25 bits per heavy atom. The van der Waals surface area contributed by atoms with Gasteiger partial charge in [0.05, 0.1) is 0 Å². The van der Waals surface area contributed by atoms with E-state index in [4.69, 9.17) is 11.1 Å². The van der Waals surface area contributed by atoms with E-state index in [0.717, 1.165) is 11.1 Å². The number of aryl methyl sites for hydroxylation is 1. The van der Waals surface area contributed by atoms with Crippen molar-refractivity contribution in [1.82, 2.24) is 0 Å².